The quantitative estimate of drug-likeness (QED) is 0.355. The lowest BCUT2D eigenvalue weighted by Gasteiger charge is -2.23. The van der Waals surface area contributed by atoms with Gasteiger partial charge in [-0.3, -0.25) is 5.41 Å². The van der Waals surface area contributed by atoms with E-state index in [1.54, 1.807) is 0 Å². The first-order valence-electron chi connectivity index (χ1n) is 3.19. The van der Waals surface area contributed by atoms with Gasteiger partial charge in [0.25, 0.3) is 0 Å². The largest absolute Gasteiger partial charge is 1.00 e. The number of quaternary nitrogens is 1. The lowest BCUT2D eigenvalue weighted by Crippen LogP contribution is -3.00. The molecule has 0 amide bonds. The third-order valence-electron chi connectivity index (χ3n) is 1.02. The molecule has 3 N–H and O–H groups in total. The lowest BCUT2D eigenvalue weighted by molar-refractivity contribution is -0.867. The van der Waals surface area contributed by atoms with E-state index in [0.29, 0.717) is 0 Å². The van der Waals surface area contributed by atoms with Crippen LogP contribution in [0.4, 0.5) is 0 Å². The van der Waals surface area contributed by atoms with Crippen molar-refractivity contribution >= 4 is 33.9 Å². The number of hydrogen-bond acceptors (Lipinski definition) is 2. The van der Waals surface area contributed by atoms with Crippen molar-refractivity contribution in [3.8, 4) is 0 Å². The summed E-state index contributed by atoms with van der Waals surface area (Å²) < 4.78 is 0.931. The van der Waals surface area contributed by atoms with Crippen LogP contribution >= 0.6 is 28.7 Å². The predicted molar refractivity (Wildman–Crippen MR) is 57.6 cm³/mol. The highest BCUT2D eigenvalue weighted by Gasteiger charge is 2.05. The summed E-state index contributed by atoms with van der Waals surface area (Å²) in [5.41, 5.74) is 5.16. The van der Waals surface area contributed by atoms with Gasteiger partial charge in [-0.25, -0.2) is 0 Å². The minimum atomic E-state index is 0. The smallest absolute Gasteiger partial charge is 0.151 e. The number of halogens is 2. The van der Waals surface area contributed by atoms with Crippen molar-refractivity contribution in [1.82, 2.24) is 0 Å². The molecule has 0 unspecified atom stereocenters. The lowest BCUT2D eigenvalue weighted by atomic mass is 10.6. The molecule has 0 atom stereocenters. The molecule has 0 aliphatic rings. The highest BCUT2D eigenvalue weighted by Crippen LogP contribution is 2.00. The highest BCUT2D eigenvalue weighted by atomic mass is 79.9. The maximum Gasteiger partial charge on any atom is 0.151 e. The molecule has 0 rings (SSSR count). The van der Waals surface area contributed by atoms with Crippen LogP contribution in [-0.2, 0) is 0 Å². The molecule has 0 fully saturated rings. The van der Waals surface area contributed by atoms with Crippen molar-refractivity contribution in [3.05, 3.63) is 0 Å². The Balaban J connectivity index is -0.000000405. The van der Waals surface area contributed by atoms with Gasteiger partial charge in [0.2, 0.25) is 0 Å². The predicted octanol–water partition coefficient (Wildman–Crippen LogP) is -2.10. The Hall–Kier alpha value is 0.740. The Morgan fingerprint density at radius 1 is 1.42 bits per heavy atom. The molecule has 0 spiro atoms. The summed E-state index contributed by atoms with van der Waals surface area (Å²) in [6, 6.07) is 0. The van der Waals surface area contributed by atoms with E-state index in [1.165, 1.54) is 11.8 Å². The molecule has 3 nitrogen and oxygen atoms in total. The van der Waals surface area contributed by atoms with E-state index >= 15 is 0 Å². The number of amidine groups is 1. The van der Waals surface area contributed by atoms with E-state index in [4.69, 9.17) is 11.1 Å². The van der Waals surface area contributed by atoms with Gasteiger partial charge >= 0.3 is 0 Å². The van der Waals surface area contributed by atoms with E-state index in [9.17, 15) is 0 Å². The van der Waals surface area contributed by atoms with E-state index < -0.39 is 0 Å². The van der Waals surface area contributed by atoms with Gasteiger partial charge in [0.15, 0.2) is 5.17 Å². The van der Waals surface area contributed by atoms with Crippen LogP contribution in [0.2, 0.25) is 0 Å². The maximum absolute atomic E-state index is 6.94. The fourth-order valence-corrected chi connectivity index (χ4v) is 1.29. The second-order valence-corrected chi connectivity index (χ2v) is 4.36. The van der Waals surface area contributed by atoms with Crippen LogP contribution in [0.25, 0.3) is 0 Å². The average molecular weight is 323 g/mol. The molecule has 0 aromatic carbocycles. The zero-order valence-electron chi connectivity index (χ0n) is 7.63. The summed E-state index contributed by atoms with van der Waals surface area (Å²) in [7, 11) is 6.38. The van der Waals surface area contributed by atoms with Gasteiger partial charge in [0.1, 0.15) is 0 Å². The molecule has 0 aliphatic carbocycles. The zero-order valence-corrected chi connectivity index (χ0v) is 11.7. The van der Waals surface area contributed by atoms with Crippen LogP contribution < -0.4 is 22.7 Å². The minimum Gasteiger partial charge on any atom is -1.00 e. The van der Waals surface area contributed by atoms with Gasteiger partial charge in [0.05, 0.1) is 33.4 Å². The molecule has 76 valence electrons. The van der Waals surface area contributed by atoms with Gasteiger partial charge in [-0.2, -0.15) is 0 Å². The third-order valence-corrected chi connectivity index (χ3v) is 1.72. The number of thioether (sulfide) groups is 1. The minimum absolute atomic E-state index is 0. The topological polar surface area (TPSA) is 49.9 Å². The zero-order chi connectivity index (χ0) is 8.20. The van der Waals surface area contributed by atoms with E-state index in [2.05, 4.69) is 21.1 Å². The normalized spacial score (nSPS) is 9.58. The van der Waals surface area contributed by atoms with Crippen LogP contribution in [-0.4, -0.2) is 43.1 Å². The van der Waals surface area contributed by atoms with Gasteiger partial charge < -0.3 is 27.2 Å². The van der Waals surface area contributed by atoms with Crippen molar-refractivity contribution in [3.63, 3.8) is 0 Å². The van der Waals surface area contributed by atoms with E-state index in [0.717, 1.165) is 16.8 Å². The van der Waals surface area contributed by atoms with Crippen molar-refractivity contribution in [2.75, 3.05) is 33.4 Å². The second-order valence-electron chi connectivity index (χ2n) is 3.23. The van der Waals surface area contributed by atoms with Crippen LogP contribution in [0.15, 0.2) is 0 Å². The Labute approximate surface area is 99.7 Å². The molecule has 0 heterocycles. The van der Waals surface area contributed by atoms with Crippen molar-refractivity contribution in [2.24, 2.45) is 5.73 Å². The summed E-state index contributed by atoms with van der Waals surface area (Å²) >= 11 is 1.40. The molecule has 12 heavy (non-hydrogen) atoms. The average Bonchev–Trinajstić information content (AvgIpc) is 1.59. The maximum atomic E-state index is 6.94. The van der Waals surface area contributed by atoms with Gasteiger partial charge in [-0.15, -0.1) is 17.0 Å². The summed E-state index contributed by atoms with van der Waals surface area (Å²) in [4.78, 5) is 0. The number of hydrogen-bond donors (Lipinski definition) is 2. The highest BCUT2D eigenvalue weighted by molar-refractivity contribution is 8.93. The molecule has 0 aliphatic heterocycles. The molecular formula is C6H17Br2N3S. The molecule has 0 aromatic rings. The molecule has 0 bridgehead atoms. The van der Waals surface area contributed by atoms with Crippen LogP contribution in [0, 0.1) is 5.41 Å². The number of nitrogens with two attached hydrogens (primary N) is 1. The molecule has 0 saturated carbocycles. The van der Waals surface area contributed by atoms with E-state index in [-0.39, 0.29) is 39.1 Å². The monoisotopic (exact) mass is 321 g/mol. The summed E-state index contributed by atoms with van der Waals surface area (Å²) in [6.45, 7) is 1.05. The third kappa shape index (κ3) is 17.0. The van der Waals surface area contributed by atoms with Crippen molar-refractivity contribution in [1.29, 1.82) is 5.41 Å². The second kappa shape index (κ2) is 8.34. The SMILES string of the molecule is Br.C[N+](C)(C)CCSC(=N)N.[Br-]. The number of nitrogens with one attached hydrogen (secondary N) is 1. The van der Waals surface area contributed by atoms with Crippen LogP contribution in [0.1, 0.15) is 0 Å². The van der Waals surface area contributed by atoms with Crippen LogP contribution in [0.5, 0.6) is 0 Å². The molecule has 0 radical (unpaired) electrons. The molecule has 6 heteroatoms. The van der Waals surface area contributed by atoms with Gasteiger partial charge in [0, 0.05) is 0 Å². The first kappa shape index (κ1) is 18.5. The molecule has 0 saturated heterocycles. The number of rotatable bonds is 3. The first-order chi connectivity index (χ1) is 4.42. The Bertz CT molecular complexity index is 124. The fourth-order valence-electron chi connectivity index (χ4n) is 0.429. The Morgan fingerprint density at radius 3 is 2.08 bits per heavy atom. The number of nitrogens with zero attached hydrogens (tertiary/aromatic N) is 1. The van der Waals surface area contributed by atoms with Crippen molar-refractivity contribution < 1.29 is 21.5 Å². The standard InChI is InChI=1S/C6H16N3S.2BrH/c1-9(2,3)4-5-10-6(7)8;;/h4-5H2,1-3H3,(H3,7,8);2*1H/q+1;;/p-1. The Morgan fingerprint density at radius 2 is 1.83 bits per heavy atom. The van der Waals surface area contributed by atoms with E-state index in [1.807, 2.05) is 0 Å². The fraction of sp³-hybridized carbons (Fsp3) is 0.833. The summed E-state index contributed by atoms with van der Waals surface area (Å²) in [6.07, 6.45) is 0. The Kier molecular flexibility index (Phi) is 12.9. The van der Waals surface area contributed by atoms with Gasteiger partial charge in [-0.1, -0.05) is 11.8 Å². The molecule has 0 aromatic heterocycles. The molecular weight excluding hydrogens is 306 g/mol. The van der Waals surface area contributed by atoms with Crippen LogP contribution in [0.3, 0.4) is 0 Å². The van der Waals surface area contributed by atoms with Crippen molar-refractivity contribution in [2.45, 2.75) is 0 Å². The summed E-state index contributed by atoms with van der Waals surface area (Å²) in [5, 5.41) is 7.15. The van der Waals surface area contributed by atoms with Gasteiger partial charge in [-0.05, 0) is 0 Å². The first-order valence-corrected chi connectivity index (χ1v) is 4.17. The summed E-state index contributed by atoms with van der Waals surface area (Å²) in [5.74, 6) is 0.929.